The van der Waals surface area contributed by atoms with Crippen molar-refractivity contribution in [2.45, 2.75) is 50.4 Å². The van der Waals surface area contributed by atoms with Gasteiger partial charge in [0, 0.05) is 6.54 Å². The zero-order valence-corrected chi connectivity index (χ0v) is 9.54. The van der Waals surface area contributed by atoms with Crippen molar-refractivity contribution in [1.29, 1.82) is 0 Å². The highest BCUT2D eigenvalue weighted by molar-refractivity contribution is 7.80. The molecule has 2 atom stereocenters. The normalized spacial score (nSPS) is 25.1. The van der Waals surface area contributed by atoms with Crippen molar-refractivity contribution in [2.24, 2.45) is 0 Å². The van der Waals surface area contributed by atoms with Gasteiger partial charge in [0.15, 0.2) is 0 Å². The highest BCUT2D eigenvalue weighted by Crippen LogP contribution is 2.24. The molecular weight excluding hydrogens is 198 g/mol. The first-order valence-electron chi connectivity index (χ1n) is 5.33. The molecule has 0 amide bonds. The molecule has 0 aromatic rings. The summed E-state index contributed by atoms with van der Waals surface area (Å²) >= 11 is 4.48. The van der Waals surface area contributed by atoms with Gasteiger partial charge in [0.1, 0.15) is 6.04 Å². The Morgan fingerprint density at radius 3 is 3.00 bits per heavy atom. The zero-order valence-electron chi connectivity index (χ0n) is 8.65. The van der Waals surface area contributed by atoms with E-state index in [4.69, 9.17) is 5.11 Å². The van der Waals surface area contributed by atoms with Gasteiger partial charge < -0.3 is 5.11 Å². The molecule has 0 radical (unpaired) electrons. The molecule has 1 rings (SSSR count). The number of carbonyl (C=O) groups is 1. The predicted molar refractivity (Wildman–Crippen MR) is 59.7 cm³/mol. The van der Waals surface area contributed by atoms with E-state index in [1.807, 2.05) is 4.90 Å². The molecule has 0 aromatic heterocycles. The molecule has 1 heterocycles. The van der Waals surface area contributed by atoms with Crippen LogP contribution in [-0.4, -0.2) is 33.9 Å². The molecule has 1 unspecified atom stereocenters. The van der Waals surface area contributed by atoms with Crippen LogP contribution in [0.3, 0.4) is 0 Å². The van der Waals surface area contributed by atoms with Crippen molar-refractivity contribution in [3.8, 4) is 0 Å². The number of unbranched alkanes of at least 4 members (excludes halogenated alkanes) is 1. The van der Waals surface area contributed by atoms with Crippen molar-refractivity contribution in [1.82, 2.24) is 4.90 Å². The lowest BCUT2D eigenvalue weighted by molar-refractivity contribution is -0.142. The van der Waals surface area contributed by atoms with Gasteiger partial charge in [-0.2, -0.15) is 12.6 Å². The Labute approximate surface area is 90.9 Å². The zero-order chi connectivity index (χ0) is 10.6. The quantitative estimate of drug-likeness (QED) is 0.692. The van der Waals surface area contributed by atoms with Crippen LogP contribution in [0.4, 0.5) is 0 Å². The first-order valence-corrected chi connectivity index (χ1v) is 5.85. The van der Waals surface area contributed by atoms with Gasteiger partial charge in [-0.15, -0.1) is 0 Å². The van der Waals surface area contributed by atoms with Crippen LogP contribution in [0.15, 0.2) is 0 Å². The number of hydrogen-bond donors (Lipinski definition) is 2. The molecule has 0 aliphatic carbocycles. The third kappa shape index (κ3) is 2.89. The van der Waals surface area contributed by atoms with Gasteiger partial charge in [0.05, 0.1) is 5.37 Å². The van der Waals surface area contributed by atoms with Crippen LogP contribution in [0.25, 0.3) is 0 Å². The van der Waals surface area contributed by atoms with Crippen LogP contribution in [0.1, 0.15) is 39.0 Å². The van der Waals surface area contributed by atoms with E-state index in [1.165, 1.54) is 0 Å². The predicted octanol–water partition coefficient (Wildman–Crippen LogP) is 1.98. The van der Waals surface area contributed by atoms with Crippen LogP contribution in [0, 0.1) is 0 Å². The molecule has 1 aliphatic heterocycles. The average Bonchev–Trinajstić information content (AvgIpc) is 2.62. The lowest BCUT2D eigenvalue weighted by Crippen LogP contribution is -2.40. The molecule has 0 aromatic carbocycles. The van der Waals surface area contributed by atoms with Crippen LogP contribution in [0.2, 0.25) is 0 Å². The van der Waals surface area contributed by atoms with Gasteiger partial charge in [0.25, 0.3) is 0 Å². The second-order valence-corrected chi connectivity index (χ2v) is 4.45. The second kappa shape index (κ2) is 5.61. The Morgan fingerprint density at radius 2 is 2.43 bits per heavy atom. The van der Waals surface area contributed by atoms with E-state index in [-0.39, 0.29) is 11.4 Å². The van der Waals surface area contributed by atoms with E-state index in [2.05, 4.69) is 19.6 Å². The van der Waals surface area contributed by atoms with Crippen molar-refractivity contribution >= 4 is 18.6 Å². The molecular formula is C10H19NO2S. The smallest absolute Gasteiger partial charge is 0.320 e. The number of likely N-dealkylation sites (tertiary alicyclic amines) is 1. The number of carboxylic acid groups (broad SMARTS) is 1. The highest BCUT2D eigenvalue weighted by atomic mass is 32.1. The van der Waals surface area contributed by atoms with Crippen LogP contribution < -0.4 is 0 Å². The summed E-state index contributed by atoms with van der Waals surface area (Å²) in [6, 6.07) is -0.297. The maximum absolute atomic E-state index is 10.9. The maximum Gasteiger partial charge on any atom is 0.320 e. The standard InChI is InChI=1S/C10H19NO2S/c1-2-3-6-9(14)11-7-4-5-8(11)10(12)13/h8-9,14H,2-7H2,1H3,(H,12,13)/t8-,9?/m0/s1. The fourth-order valence-electron chi connectivity index (χ4n) is 1.96. The Morgan fingerprint density at radius 1 is 1.71 bits per heavy atom. The minimum atomic E-state index is -0.696. The topological polar surface area (TPSA) is 40.5 Å². The molecule has 1 N–H and O–H groups in total. The second-order valence-electron chi connectivity index (χ2n) is 3.86. The number of aliphatic carboxylic acids is 1. The number of rotatable bonds is 5. The highest BCUT2D eigenvalue weighted by Gasteiger charge is 2.33. The fourth-order valence-corrected chi connectivity index (χ4v) is 2.42. The molecule has 14 heavy (non-hydrogen) atoms. The molecule has 0 bridgehead atoms. The minimum absolute atomic E-state index is 0.124. The summed E-state index contributed by atoms with van der Waals surface area (Å²) in [5, 5.41) is 9.11. The molecule has 1 fully saturated rings. The summed E-state index contributed by atoms with van der Waals surface area (Å²) in [6.45, 7) is 3.02. The van der Waals surface area contributed by atoms with Gasteiger partial charge in [-0.05, 0) is 19.3 Å². The summed E-state index contributed by atoms with van der Waals surface area (Å²) in [5.74, 6) is -0.696. The largest absolute Gasteiger partial charge is 0.480 e. The van der Waals surface area contributed by atoms with E-state index < -0.39 is 5.97 Å². The van der Waals surface area contributed by atoms with Gasteiger partial charge in [-0.1, -0.05) is 19.8 Å². The first kappa shape index (κ1) is 11.9. The van der Waals surface area contributed by atoms with Crippen molar-refractivity contribution in [3.63, 3.8) is 0 Å². The van der Waals surface area contributed by atoms with E-state index >= 15 is 0 Å². The average molecular weight is 217 g/mol. The Kier molecular flexibility index (Phi) is 4.75. The molecule has 3 nitrogen and oxygen atoms in total. The number of carboxylic acids is 1. The molecule has 4 heteroatoms. The van der Waals surface area contributed by atoms with Gasteiger partial charge in [-0.25, -0.2) is 0 Å². The van der Waals surface area contributed by atoms with Crippen LogP contribution in [-0.2, 0) is 4.79 Å². The van der Waals surface area contributed by atoms with Crippen LogP contribution in [0.5, 0.6) is 0 Å². The minimum Gasteiger partial charge on any atom is -0.480 e. The Bertz CT molecular complexity index is 199. The Hall–Kier alpha value is -0.220. The summed E-state index contributed by atoms with van der Waals surface area (Å²) in [4.78, 5) is 12.9. The lowest BCUT2D eigenvalue weighted by Gasteiger charge is -2.27. The number of thiol groups is 1. The monoisotopic (exact) mass is 217 g/mol. The molecule has 1 aliphatic rings. The summed E-state index contributed by atoms with van der Waals surface area (Å²) in [7, 11) is 0. The fraction of sp³-hybridized carbons (Fsp3) is 0.900. The van der Waals surface area contributed by atoms with Crippen molar-refractivity contribution in [2.75, 3.05) is 6.54 Å². The van der Waals surface area contributed by atoms with Crippen LogP contribution >= 0.6 is 12.6 Å². The maximum atomic E-state index is 10.9. The summed E-state index contributed by atoms with van der Waals surface area (Å²) in [6.07, 6.45) is 5.02. The van der Waals surface area contributed by atoms with Gasteiger partial charge in [0.2, 0.25) is 0 Å². The third-order valence-electron chi connectivity index (χ3n) is 2.78. The summed E-state index contributed by atoms with van der Waals surface area (Å²) < 4.78 is 0. The lowest BCUT2D eigenvalue weighted by atomic mass is 10.2. The number of hydrogen-bond acceptors (Lipinski definition) is 3. The van der Waals surface area contributed by atoms with Crippen molar-refractivity contribution in [3.05, 3.63) is 0 Å². The third-order valence-corrected chi connectivity index (χ3v) is 3.33. The van der Waals surface area contributed by atoms with E-state index in [0.717, 1.165) is 38.6 Å². The van der Waals surface area contributed by atoms with E-state index in [0.29, 0.717) is 0 Å². The van der Waals surface area contributed by atoms with Gasteiger partial charge in [-0.3, -0.25) is 9.69 Å². The molecule has 82 valence electrons. The first-order chi connectivity index (χ1) is 6.66. The SMILES string of the molecule is CCCCC(S)N1CCC[C@H]1C(=O)O. The molecule has 0 saturated carbocycles. The Balaban J connectivity index is 2.44. The van der Waals surface area contributed by atoms with E-state index in [1.54, 1.807) is 0 Å². The van der Waals surface area contributed by atoms with E-state index in [9.17, 15) is 4.79 Å². The molecule has 0 spiro atoms. The van der Waals surface area contributed by atoms with Crippen molar-refractivity contribution < 1.29 is 9.90 Å². The number of nitrogens with zero attached hydrogens (tertiary/aromatic N) is 1. The van der Waals surface area contributed by atoms with Gasteiger partial charge >= 0.3 is 5.97 Å². The summed E-state index contributed by atoms with van der Waals surface area (Å²) in [5.41, 5.74) is 0. The molecule has 1 saturated heterocycles.